The fourth-order valence-electron chi connectivity index (χ4n) is 1.50. The first-order chi connectivity index (χ1) is 5.65. The molecule has 0 aromatic heterocycles. The first kappa shape index (κ1) is 9.31. The Hall–Kier alpha value is -0.780. The van der Waals surface area contributed by atoms with E-state index in [1.54, 1.807) is 0 Å². The molecule has 0 atom stereocenters. The van der Waals surface area contributed by atoms with Crippen molar-refractivity contribution in [2.45, 2.75) is 40.5 Å². The summed E-state index contributed by atoms with van der Waals surface area (Å²) < 4.78 is 0. The minimum Gasteiger partial charge on any atom is -0.0773 e. The van der Waals surface area contributed by atoms with Crippen molar-refractivity contribution >= 4 is 0 Å². The van der Waals surface area contributed by atoms with Crippen LogP contribution in [0.2, 0.25) is 0 Å². The Balaban J connectivity index is 3.03. The van der Waals surface area contributed by atoms with Gasteiger partial charge in [0.2, 0.25) is 0 Å². The SMILES string of the molecule is CCC1=C(C)CC=C(C)C(C)=C1. The van der Waals surface area contributed by atoms with Crippen molar-refractivity contribution < 1.29 is 0 Å². The molecule has 1 aliphatic rings. The maximum Gasteiger partial charge on any atom is -0.0130 e. The van der Waals surface area contributed by atoms with E-state index in [-0.39, 0.29) is 0 Å². The van der Waals surface area contributed by atoms with Crippen molar-refractivity contribution in [1.82, 2.24) is 0 Å². The van der Waals surface area contributed by atoms with Gasteiger partial charge < -0.3 is 0 Å². The fraction of sp³-hybridized carbons (Fsp3) is 0.500. The number of hydrogen-bond acceptors (Lipinski definition) is 0. The van der Waals surface area contributed by atoms with Crippen LogP contribution in [-0.2, 0) is 0 Å². The minimum absolute atomic E-state index is 1.13. The van der Waals surface area contributed by atoms with Crippen molar-refractivity contribution in [2.24, 2.45) is 0 Å². The average molecular weight is 162 g/mol. The van der Waals surface area contributed by atoms with Gasteiger partial charge in [-0.15, -0.1) is 0 Å². The molecule has 1 rings (SSSR count). The van der Waals surface area contributed by atoms with Crippen LogP contribution in [0.25, 0.3) is 0 Å². The molecule has 0 N–H and O–H groups in total. The van der Waals surface area contributed by atoms with E-state index in [1.165, 1.54) is 22.3 Å². The fourth-order valence-corrected chi connectivity index (χ4v) is 1.50. The Bertz CT molecular complexity index is 262. The molecule has 0 aliphatic heterocycles. The van der Waals surface area contributed by atoms with Gasteiger partial charge >= 0.3 is 0 Å². The maximum absolute atomic E-state index is 2.33. The molecular formula is C12H18. The zero-order valence-electron chi connectivity index (χ0n) is 8.57. The molecule has 0 spiro atoms. The lowest BCUT2D eigenvalue weighted by molar-refractivity contribution is 1.06. The number of hydrogen-bond donors (Lipinski definition) is 0. The molecule has 0 fully saturated rings. The molecule has 0 bridgehead atoms. The molecule has 0 unspecified atom stereocenters. The van der Waals surface area contributed by atoms with Crippen LogP contribution in [0.4, 0.5) is 0 Å². The van der Waals surface area contributed by atoms with Crippen molar-refractivity contribution in [2.75, 3.05) is 0 Å². The third-order valence-corrected chi connectivity index (χ3v) is 2.66. The van der Waals surface area contributed by atoms with Gasteiger partial charge in [0.25, 0.3) is 0 Å². The van der Waals surface area contributed by atoms with E-state index in [0.29, 0.717) is 0 Å². The highest BCUT2D eigenvalue weighted by Crippen LogP contribution is 2.23. The molecule has 0 amide bonds. The second-order valence-corrected chi connectivity index (χ2v) is 3.58. The Labute approximate surface area is 75.7 Å². The van der Waals surface area contributed by atoms with Gasteiger partial charge in [0, 0.05) is 0 Å². The summed E-state index contributed by atoms with van der Waals surface area (Å²) in [6, 6.07) is 0. The molecule has 0 aromatic rings. The lowest BCUT2D eigenvalue weighted by Crippen LogP contribution is -1.82. The Morgan fingerprint density at radius 3 is 2.42 bits per heavy atom. The number of allylic oxidation sites excluding steroid dienone is 6. The van der Waals surface area contributed by atoms with Crippen molar-refractivity contribution in [3.8, 4) is 0 Å². The predicted octanol–water partition coefficient (Wildman–Crippen LogP) is 4.01. The predicted molar refractivity (Wildman–Crippen MR) is 55.1 cm³/mol. The molecule has 0 saturated heterocycles. The summed E-state index contributed by atoms with van der Waals surface area (Å²) in [7, 11) is 0. The van der Waals surface area contributed by atoms with Crippen molar-refractivity contribution in [1.29, 1.82) is 0 Å². The Morgan fingerprint density at radius 2 is 1.83 bits per heavy atom. The van der Waals surface area contributed by atoms with Crippen LogP contribution in [0.15, 0.2) is 34.4 Å². The lowest BCUT2D eigenvalue weighted by Gasteiger charge is -2.02. The molecule has 0 aromatic carbocycles. The second kappa shape index (κ2) is 3.75. The molecule has 0 radical (unpaired) electrons. The molecule has 0 heterocycles. The maximum atomic E-state index is 2.33. The minimum atomic E-state index is 1.13. The van der Waals surface area contributed by atoms with Crippen LogP contribution in [0.5, 0.6) is 0 Å². The molecule has 0 heteroatoms. The van der Waals surface area contributed by atoms with Gasteiger partial charge in [-0.1, -0.05) is 30.2 Å². The van der Waals surface area contributed by atoms with Crippen LogP contribution >= 0.6 is 0 Å². The Kier molecular flexibility index (Phi) is 2.91. The first-order valence-electron chi connectivity index (χ1n) is 4.69. The third-order valence-electron chi connectivity index (χ3n) is 2.66. The highest BCUT2D eigenvalue weighted by atomic mass is 14.1. The molecule has 0 saturated carbocycles. The highest BCUT2D eigenvalue weighted by molar-refractivity contribution is 5.40. The van der Waals surface area contributed by atoms with Gasteiger partial charge in [0.15, 0.2) is 0 Å². The van der Waals surface area contributed by atoms with Gasteiger partial charge in [-0.3, -0.25) is 0 Å². The van der Waals surface area contributed by atoms with Gasteiger partial charge in [-0.05, 0) is 44.8 Å². The second-order valence-electron chi connectivity index (χ2n) is 3.58. The monoisotopic (exact) mass is 162 g/mol. The topological polar surface area (TPSA) is 0 Å². The van der Waals surface area contributed by atoms with Crippen molar-refractivity contribution in [3.63, 3.8) is 0 Å². The van der Waals surface area contributed by atoms with E-state index >= 15 is 0 Å². The van der Waals surface area contributed by atoms with Crippen LogP contribution in [-0.4, -0.2) is 0 Å². The quantitative estimate of drug-likeness (QED) is 0.546. The van der Waals surface area contributed by atoms with Gasteiger partial charge in [0.05, 0.1) is 0 Å². The van der Waals surface area contributed by atoms with Crippen LogP contribution < -0.4 is 0 Å². The van der Waals surface area contributed by atoms with Crippen molar-refractivity contribution in [3.05, 3.63) is 34.4 Å². The summed E-state index contributed by atoms with van der Waals surface area (Å²) in [5, 5.41) is 0. The largest absolute Gasteiger partial charge is 0.0773 e. The first-order valence-corrected chi connectivity index (χ1v) is 4.69. The van der Waals surface area contributed by atoms with Gasteiger partial charge in [-0.2, -0.15) is 0 Å². The molecular weight excluding hydrogens is 144 g/mol. The van der Waals surface area contributed by atoms with E-state index < -0.39 is 0 Å². The summed E-state index contributed by atoms with van der Waals surface area (Å²) >= 11 is 0. The smallest absolute Gasteiger partial charge is 0.0130 e. The summed E-state index contributed by atoms with van der Waals surface area (Å²) in [6.07, 6.45) is 6.94. The van der Waals surface area contributed by atoms with Gasteiger partial charge in [0.1, 0.15) is 0 Å². The van der Waals surface area contributed by atoms with Crippen LogP contribution in [0, 0.1) is 0 Å². The van der Waals surface area contributed by atoms with Crippen LogP contribution in [0.3, 0.4) is 0 Å². The normalized spacial score (nSPS) is 18.7. The molecule has 1 aliphatic carbocycles. The summed E-state index contributed by atoms with van der Waals surface area (Å²) in [6.45, 7) is 8.85. The van der Waals surface area contributed by atoms with Crippen LogP contribution in [0.1, 0.15) is 40.5 Å². The highest BCUT2D eigenvalue weighted by Gasteiger charge is 2.03. The van der Waals surface area contributed by atoms with E-state index in [1.807, 2.05) is 0 Å². The zero-order chi connectivity index (χ0) is 9.14. The molecule has 0 nitrogen and oxygen atoms in total. The zero-order valence-corrected chi connectivity index (χ0v) is 8.57. The summed E-state index contributed by atoms with van der Waals surface area (Å²) in [5.41, 5.74) is 5.88. The molecule has 12 heavy (non-hydrogen) atoms. The summed E-state index contributed by atoms with van der Waals surface area (Å²) in [5.74, 6) is 0. The van der Waals surface area contributed by atoms with E-state index in [9.17, 15) is 0 Å². The number of rotatable bonds is 1. The third kappa shape index (κ3) is 1.88. The molecule has 66 valence electrons. The van der Waals surface area contributed by atoms with E-state index in [4.69, 9.17) is 0 Å². The standard InChI is InChI=1S/C12H18/c1-5-12-8-11(4)9(2)6-7-10(12)3/h6,8H,5,7H2,1-4H3. The Morgan fingerprint density at radius 1 is 1.17 bits per heavy atom. The van der Waals surface area contributed by atoms with E-state index in [2.05, 4.69) is 39.8 Å². The summed E-state index contributed by atoms with van der Waals surface area (Å²) in [4.78, 5) is 0. The average Bonchev–Trinajstić information content (AvgIpc) is 2.18. The lowest BCUT2D eigenvalue weighted by atomic mass is 10.0. The van der Waals surface area contributed by atoms with E-state index in [0.717, 1.165) is 12.8 Å². The van der Waals surface area contributed by atoms with Gasteiger partial charge in [-0.25, -0.2) is 0 Å².